The molecule has 0 heterocycles. The Morgan fingerprint density at radius 1 is 0.929 bits per heavy atom. The van der Waals surface area contributed by atoms with Gasteiger partial charge in [0.1, 0.15) is 0 Å². The van der Waals surface area contributed by atoms with Crippen LogP contribution in [0.3, 0.4) is 0 Å². The maximum Gasteiger partial charge on any atom is 2.00 e. The molecule has 74 valence electrons. The molecule has 2 heteroatoms. The van der Waals surface area contributed by atoms with Crippen molar-refractivity contribution in [1.82, 2.24) is 0 Å². The van der Waals surface area contributed by atoms with Crippen LogP contribution in [0, 0.1) is 6.92 Å². The van der Waals surface area contributed by atoms with Crippen LogP contribution in [-0.2, 0) is 6.42 Å². The minimum Gasteiger partial charge on any atom is -1.00 e. The van der Waals surface area contributed by atoms with Crippen LogP contribution in [0.1, 0.15) is 31.2 Å². The number of aryl methyl sites for hydroxylation is 1. The molecule has 0 atom stereocenters. The van der Waals surface area contributed by atoms with Gasteiger partial charge in [-0.25, -0.2) is 0 Å². The Morgan fingerprint density at radius 2 is 1.57 bits per heavy atom. The maximum absolute atomic E-state index is 3.83. The second-order valence-corrected chi connectivity index (χ2v) is 3.15. The van der Waals surface area contributed by atoms with E-state index < -0.39 is 0 Å². The van der Waals surface area contributed by atoms with E-state index in [0.717, 1.165) is 6.42 Å². The molecule has 1 rings (SSSR count). The molecule has 0 aromatic heterocycles. The normalized spacial score (nSPS) is 8.64. The summed E-state index contributed by atoms with van der Waals surface area (Å²) < 4.78 is 0. The van der Waals surface area contributed by atoms with Gasteiger partial charge in [0.2, 0.25) is 0 Å². The van der Waals surface area contributed by atoms with E-state index in [1.807, 2.05) is 0 Å². The molecular formula is C12H17BrMg. The summed E-state index contributed by atoms with van der Waals surface area (Å²) in [6, 6.07) is 10.7. The summed E-state index contributed by atoms with van der Waals surface area (Å²) in [7, 11) is 0. The van der Waals surface area contributed by atoms with Gasteiger partial charge in [0.25, 0.3) is 0 Å². The van der Waals surface area contributed by atoms with Crippen LogP contribution in [0.5, 0.6) is 0 Å². The zero-order valence-corrected chi connectivity index (χ0v) is 11.7. The molecule has 0 aliphatic carbocycles. The fourth-order valence-corrected chi connectivity index (χ4v) is 1.33. The maximum atomic E-state index is 3.83. The van der Waals surface area contributed by atoms with Crippen molar-refractivity contribution in [2.24, 2.45) is 0 Å². The van der Waals surface area contributed by atoms with Crippen molar-refractivity contribution in [3.05, 3.63) is 42.8 Å². The molecular weight excluding hydrogens is 248 g/mol. The van der Waals surface area contributed by atoms with Gasteiger partial charge >= 0.3 is 23.1 Å². The van der Waals surface area contributed by atoms with Crippen molar-refractivity contribution in [2.75, 3.05) is 0 Å². The van der Waals surface area contributed by atoms with Crippen LogP contribution in [0.2, 0.25) is 0 Å². The number of rotatable bonds is 5. The summed E-state index contributed by atoms with van der Waals surface area (Å²) in [4.78, 5) is 0. The van der Waals surface area contributed by atoms with E-state index in [2.05, 4.69) is 37.3 Å². The van der Waals surface area contributed by atoms with Gasteiger partial charge < -0.3 is 23.9 Å². The number of benzene rings is 1. The third-order valence-electron chi connectivity index (χ3n) is 2.06. The fraction of sp³-hybridized carbons (Fsp3) is 0.417. The van der Waals surface area contributed by atoms with Crippen LogP contribution in [0.4, 0.5) is 0 Å². The quantitative estimate of drug-likeness (QED) is 0.407. The molecule has 1 aromatic carbocycles. The van der Waals surface area contributed by atoms with Gasteiger partial charge in [-0.15, -0.1) is 0 Å². The Balaban J connectivity index is 0. The Labute approximate surface area is 114 Å². The van der Waals surface area contributed by atoms with Crippen molar-refractivity contribution in [2.45, 2.75) is 32.1 Å². The van der Waals surface area contributed by atoms with E-state index in [1.165, 1.54) is 31.2 Å². The first-order valence-electron chi connectivity index (χ1n) is 4.76. The average Bonchev–Trinajstić information content (AvgIpc) is 2.14. The molecule has 0 saturated carbocycles. The summed E-state index contributed by atoms with van der Waals surface area (Å²) >= 11 is 0. The predicted octanol–water partition coefficient (Wildman–Crippen LogP) is 0.247. The molecule has 1 aromatic rings. The molecule has 0 spiro atoms. The molecule has 0 fully saturated rings. The first-order valence-corrected chi connectivity index (χ1v) is 4.76. The van der Waals surface area contributed by atoms with Gasteiger partial charge in [-0.05, 0) is 18.4 Å². The summed E-state index contributed by atoms with van der Waals surface area (Å²) in [5, 5.41) is 0. The van der Waals surface area contributed by atoms with Crippen molar-refractivity contribution >= 4 is 23.1 Å². The first kappa shape index (κ1) is 16.9. The molecule has 0 radical (unpaired) electrons. The van der Waals surface area contributed by atoms with E-state index in [0.29, 0.717) is 0 Å². The van der Waals surface area contributed by atoms with Crippen molar-refractivity contribution < 1.29 is 17.0 Å². The Bertz CT molecular complexity index is 199. The molecule has 0 saturated heterocycles. The van der Waals surface area contributed by atoms with E-state index in [-0.39, 0.29) is 40.0 Å². The first-order chi connectivity index (χ1) is 5.93. The van der Waals surface area contributed by atoms with Crippen LogP contribution in [0.15, 0.2) is 30.3 Å². The van der Waals surface area contributed by atoms with Crippen LogP contribution >= 0.6 is 0 Å². The van der Waals surface area contributed by atoms with Crippen molar-refractivity contribution in [3.8, 4) is 0 Å². The molecule has 0 N–H and O–H groups in total. The summed E-state index contributed by atoms with van der Waals surface area (Å²) in [6.07, 6.45) is 6.19. The number of hydrogen-bond acceptors (Lipinski definition) is 0. The molecule has 14 heavy (non-hydrogen) atoms. The topological polar surface area (TPSA) is 0 Å². The largest absolute Gasteiger partial charge is 2.00 e. The van der Waals surface area contributed by atoms with Gasteiger partial charge in [0.05, 0.1) is 0 Å². The molecule has 0 bridgehead atoms. The second kappa shape index (κ2) is 11.5. The van der Waals surface area contributed by atoms with Crippen LogP contribution < -0.4 is 17.0 Å². The third-order valence-corrected chi connectivity index (χ3v) is 2.06. The molecule has 0 aliphatic rings. The van der Waals surface area contributed by atoms with E-state index in [9.17, 15) is 0 Å². The standard InChI is InChI=1S/C12H17.BrH.Mg/c1-2-3-4-6-9-12-10-7-5-8-11-12;;/h5,7-8,10-11H,1-4,6,9H2;1H;/q-1;;+2/p-1. The SMILES string of the molecule is [Br-].[CH2-]CCCCCc1ccccc1.[Mg+2]. The predicted molar refractivity (Wildman–Crippen MR) is 59.7 cm³/mol. The van der Waals surface area contributed by atoms with Gasteiger partial charge in [-0.3, -0.25) is 0 Å². The van der Waals surface area contributed by atoms with E-state index >= 15 is 0 Å². The Kier molecular flexibility index (Phi) is 13.9. The number of unbranched alkanes of at least 4 members (excludes halogenated alkanes) is 3. The van der Waals surface area contributed by atoms with Gasteiger partial charge in [0, 0.05) is 0 Å². The van der Waals surface area contributed by atoms with Gasteiger partial charge in [-0.1, -0.05) is 43.2 Å². The average molecular weight is 265 g/mol. The fourth-order valence-electron chi connectivity index (χ4n) is 1.33. The van der Waals surface area contributed by atoms with Crippen LogP contribution in [0.25, 0.3) is 0 Å². The minimum absolute atomic E-state index is 0. The Morgan fingerprint density at radius 3 is 2.14 bits per heavy atom. The number of hydrogen-bond donors (Lipinski definition) is 0. The Hall–Kier alpha value is 0.466. The van der Waals surface area contributed by atoms with E-state index in [4.69, 9.17) is 0 Å². The zero-order valence-electron chi connectivity index (χ0n) is 8.71. The molecule has 0 amide bonds. The molecule has 0 unspecified atom stereocenters. The summed E-state index contributed by atoms with van der Waals surface area (Å²) in [5.74, 6) is 0. The van der Waals surface area contributed by atoms with Gasteiger partial charge in [-0.2, -0.15) is 6.42 Å². The summed E-state index contributed by atoms with van der Waals surface area (Å²) in [5.41, 5.74) is 1.46. The minimum atomic E-state index is 0. The van der Waals surface area contributed by atoms with Crippen LogP contribution in [-0.4, -0.2) is 23.1 Å². The van der Waals surface area contributed by atoms with Crippen molar-refractivity contribution in [1.29, 1.82) is 0 Å². The third kappa shape index (κ3) is 7.83. The smallest absolute Gasteiger partial charge is 1.00 e. The van der Waals surface area contributed by atoms with E-state index in [1.54, 1.807) is 0 Å². The summed E-state index contributed by atoms with van der Waals surface area (Å²) in [6.45, 7) is 3.83. The monoisotopic (exact) mass is 264 g/mol. The van der Waals surface area contributed by atoms with Gasteiger partial charge in [0.15, 0.2) is 0 Å². The second-order valence-electron chi connectivity index (χ2n) is 3.15. The molecule has 0 nitrogen and oxygen atoms in total. The number of halogens is 1. The zero-order chi connectivity index (χ0) is 8.65. The van der Waals surface area contributed by atoms with Crippen molar-refractivity contribution in [3.63, 3.8) is 0 Å². The molecule has 0 aliphatic heterocycles.